The summed E-state index contributed by atoms with van der Waals surface area (Å²) in [6, 6.07) is 7.68. The molecule has 0 aromatic heterocycles. The van der Waals surface area contributed by atoms with Crippen molar-refractivity contribution in [1.82, 2.24) is 0 Å². The fraction of sp³-hybridized carbons (Fsp3) is 0.538. The molecule has 1 rings (SSSR count). The van der Waals surface area contributed by atoms with E-state index in [0.29, 0.717) is 12.3 Å². The van der Waals surface area contributed by atoms with Crippen molar-refractivity contribution < 1.29 is 4.21 Å². The number of benzene rings is 1. The van der Waals surface area contributed by atoms with E-state index in [9.17, 15) is 4.21 Å². The Kier molecular flexibility index (Phi) is 5.83. The Bertz CT molecular complexity index is 376. The summed E-state index contributed by atoms with van der Waals surface area (Å²) in [7, 11) is -0.890. The molecule has 0 spiro atoms. The lowest BCUT2D eigenvalue weighted by molar-refractivity contribution is 0.344. The third-order valence-corrected chi connectivity index (χ3v) is 4.80. The van der Waals surface area contributed by atoms with Crippen molar-refractivity contribution in [1.29, 1.82) is 0 Å². The molecule has 2 N–H and O–H groups in total. The van der Waals surface area contributed by atoms with Crippen LogP contribution in [0, 0.1) is 5.41 Å². The molecule has 4 heteroatoms. The van der Waals surface area contributed by atoms with E-state index in [0.717, 1.165) is 22.2 Å². The maximum atomic E-state index is 12.0. The van der Waals surface area contributed by atoms with Gasteiger partial charge in [0.05, 0.1) is 10.8 Å². The van der Waals surface area contributed by atoms with Crippen LogP contribution in [0.5, 0.6) is 0 Å². The minimum absolute atomic E-state index is 0.157. The molecule has 0 aliphatic rings. The van der Waals surface area contributed by atoms with E-state index >= 15 is 0 Å². The van der Waals surface area contributed by atoms with Crippen molar-refractivity contribution in [2.24, 2.45) is 11.1 Å². The van der Waals surface area contributed by atoms with Crippen LogP contribution < -0.4 is 5.73 Å². The molecule has 96 valence electrons. The van der Waals surface area contributed by atoms with E-state index < -0.39 is 10.8 Å². The highest BCUT2D eigenvalue weighted by Crippen LogP contribution is 2.21. The maximum Gasteiger partial charge on any atom is 0.0529 e. The first-order valence-electron chi connectivity index (χ1n) is 5.79. The van der Waals surface area contributed by atoms with Crippen LogP contribution in [0.1, 0.15) is 26.7 Å². The number of hydrogen-bond donors (Lipinski definition) is 1. The van der Waals surface area contributed by atoms with Crippen molar-refractivity contribution in [2.75, 3.05) is 12.3 Å². The van der Waals surface area contributed by atoms with Crippen LogP contribution in [0.2, 0.25) is 0 Å². The van der Waals surface area contributed by atoms with Crippen LogP contribution in [0.15, 0.2) is 33.6 Å². The molecule has 0 saturated carbocycles. The van der Waals surface area contributed by atoms with Gasteiger partial charge in [-0.05, 0) is 49.1 Å². The Morgan fingerprint density at radius 1 is 1.29 bits per heavy atom. The van der Waals surface area contributed by atoms with Gasteiger partial charge in [-0.1, -0.05) is 29.8 Å². The minimum Gasteiger partial charge on any atom is -0.330 e. The van der Waals surface area contributed by atoms with Crippen molar-refractivity contribution in [3.8, 4) is 0 Å². The SMILES string of the molecule is CC(C)(CN)CCCS(=O)c1ccc(Br)cc1. The fourth-order valence-corrected chi connectivity index (χ4v) is 2.83. The summed E-state index contributed by atoms with van der Waals surface area (Å²) in [5, 5.41) is 0. The van der Waals surface area contributed by atoms with E-state index in [-0.39, 0.29) is 5.41 Å². The van der Waals surface area contributed by atoms with Gasteiger partial charge in [0, 0.05) is 15.1 Å². The molecule has 1 atom stereocenters. The lowest BCUT2D eigenvalue weighted by atomic mass is 9.88. The molecule has 0 aliphatic heterocycles. The summed E-state index contributed by atoms with van der Waals surface area (Å²) in [6.45, 7) is 4.98. The quantitative estimate of drug-likeness (QED) is 0.874. The number of rotatable bonds is 6. The second-order valence-corrected chi connectivity index (χ2v) is 7.46. The van der Waals surface area contributed by atoms with Gasteiger partial charge in [-0.25, -0.2) is 0 Å². The molecule has 0 saturated heterocycles. The highest BCUT2D eigenvalue weighted by Gasteiger charge is 2.15. The van der Waals surface area contributed by atoms with Crippen molar-refractivity contribution in [2.45, 2.75) is 31.6 Å². The second kappa shape index (κ2) is 6.66. The van der Waals surface area contributed by atoms with Crippen molar-refractivity contribution in [3.63, 3.8) is 0 Å². The predicted molar refractivity (Wildman–Crippen MR) is 77.5 cm³/mol. The van der Waals surface area contributed by atoms with Crippen LogP contribution >= 0.6 is 15.9 Å². The molecule has 17 heavy (non-hydrogen) atoms. The van der Waals surface area contributed by atoms with Gasteiger partial charge in [0.2, 0.25) is 0 Å². The van der Waals surface area contributed by atoms with Gasteiger partial charge in [0.15, 0.2) is 0 Å². The van der Waals surface area contributed by atoms with Gasteiger partial charge >= 0.3 is 0 Å². The fourth-order valence-electron chi connectivity index (χ4n) is 1.49. The molecule has 0 heterocycles. The molecule has 1 aromatic carbocycles. The summed E-state index contributed by atoms with van der Waals surface area (Å²) < 4.78 is 13.0. The molecule has 1 unspecified atom stereocenters. The maximum absolute atomic E-state index is 12.0. The van der Waals surface area contributed by atoms with Gasteiger partial charge in [-0.3, -0.25) is 4.21 Å². The zero-order valence-electron chi connectivity index (χ0n) is 10.4. The predicted octanol–water partition coefficient (Wildman–Crippen LogP) is 3.32. The minimum atomic E-state index is -0.890. The molecule has 0 fully saturated rings. The Morgan fingerprint density at radius 3 is 2.41 bits per heavy atom. The summed E-state index contributed by atoms with van der Waals surface area (Å²) in [6.07, 6.45) is 1.97. The average molecular weight is 318 g/mol. The van der Waals surface area contributed by atoms with Crippen LogP contribution in [0.25, 0.3) is 0 Å². The van der Waals surface area contributed by atoms with Crippen molar-refractivity contribution in [3.05, 3.63) is 28.7 Å². The van der Waals surface area contributed by atoms with Crippen LogP contribution in [-0.2, 0) is 10.8 Å². The third-order valence-electron chi connectivity index (χ3n) is 2.81. The van der Waals surface area contributed by atoms with Gasteiger partial charge < -0.3 is 5.73 Å². The van der Waals surface area contributed by atoms with E-state index in [1.165, 1.54) is 0 Å². The second-order valence-electron chi connectivity index (χ2n) is 4.98. The number of hydrogen-bond acceptors (Lipinski definition) is 2. The third kappa shape index (κ3) is 5.32. The average Bonchev–Trinajstić information content (AvgIpc) is 2.29. The first-order valence-corrected chi connectivity index (χ1v) is 7.90. The highest BCUT2D eigenvalue weighted by molar-refractivity contribution is 9.10. The van der Waals surface area contributed by atoms with E-state index in [2.05, 4.69) is 29.8 Å². The number of nitrogens with two attached hydrogens (primary N) is 1. The molecular formula is C13H20BrNOS. The Hall–Kier alpha value is -0.190. The van der Waals surface area contributed by atoms with Gasteiger partial charge in [0.25, 0.3) is 0 Å². The summed E-state index contributed by atoms with van der Waals surface area (Å²) in [5.41, 5.74) is 5.83. The Labute approximate surface area is 115 Å². The number of halogens is 1. The zero-order chi connectivity index (χ0) is 12.9. The molecule has 1 aromatic rings. The molecule has 0 aliphatic carbocycles. The molecule has 0 amide bonds. The van der Waals surface area contributed by atoms with Gasteiger partial charge in [-0.2, -0.15) is 0 Å². The van der Waals surface area contributed by atoms with Crippen LogP contribution in [0.4, 0.5) is 0 Å². The first kappa shape index (κ1) is 14.9. The lowest BCUT2D eigenvalue weighted by Gasteiger charge is -2.21. The Balaban J connectivity index is 2.43. The summed E-state index contributed by atoms with van der Waals surface area (Å²) in [5.74, 6) is 0.713. The van der Waals surface area contributed by atoms with Crippen molar-refractivity contribution >= 4 is 26.7 Å². The highest BCUT2D eigenvalue weighted by atomic mass is 79.9. The Morgan fingerprint density at radius 2 is 1.88 bits per heavy atom. The molecule has 0 radical (unpaired) electrons. The topological polar surface area (TPSA) is 43.1 Å². The molecular weight excluding hydrogens is 298 g/mol. The normalized spacial score (nSPS) is 13.6. The molecule has 0 bridgehead atoms. The first-order chi connectivity index (χ1) is 7.94. The van der Waals surface area contributed by atoms with E-state index in [4.69, 9.17) is 5.73 Å². The summed E-state index contributed by atoms with van der Waals surface area (Å²) in [4.78, 5) is 0.902. The van der Waals surface area contributed by atoms with Gasteiger partial charge in [0.1, 0.15) is 0 Å². The van der Waals surface area contributed by atoms with Crippen LogP contribution in [-0.4, -0.2) is 16.5 Å². The zero-order valence-corrected chi connectivity index (χ0v) is 12.8. The van der Waals surface area contributed by atoms with Crippen LogP contribution in [0.3, 0.4) is 0 Å². The van der Waals surface area contributed by atoms with Gasteiger partial charge in [-0.15, -0.1) is 0 Å². The standard InChI is InChI=1S/C13H20BrNOS/c1-13(2,10-15)8-3-9-17(16)12-6-4-11(14)5-7-12/h4-7H,3,8-10,15H2,1-2H3. The summed E-state index contributed by atoms with van der Waals surface area (Å²) >= 11 is 3.37. The van der Waals surface area contributed by atoms with E-state index in [1.54, 1.807) is 0 Å². The largest absolute Gasteiger partial charge is 0.330 e. The monoisotopic (exact) mass is 317 g/mol. The van der Waals surface area contributed by atoms with E-state index in [1.807, 2.05) is 24.3 Å². The smallest absolute Gasteiger partial charge is 0.0529 e. The molecule has 2 nitrogen and oxygen atoms in total. The lowest BCUT2D eigenvalue weighted by Crippen LogP contribution is -2.23.